The molecule has 2 aromatic rings. The predicted molar refractivity (Wildman–Crippen MR) is 107 cm³/mol. The number of Topliss-reactive ketones (excluding diaryl/α,β-unsaturated/α-hetero) is 1. The molecule has 1 N–H and O–H groups in total. The highest BCUT2D eigenvalue weighted by Crippen LogP contribution is 2.21. The summed E-state index contributed by atoms with van der Waals surface area (Å²) in [6.07, 6.45) is -1.00. The number of halogens is 1. The van der Waals surface area contributed by atoms with Crippen molar-refractivity contribution in [2.24, 2.45) is 12.5 Å². The van der Waals surface area contributed by atoms with Gasteiger partial charge in [0.2, 0.25) is 11.7 Å². The van der Waals surface area contributed by atoms with E-state index in [9.17, 15) is 14.4 Å². The Morgan fingerprint density at radius 3 is 2.21 bits per heavy atom. The third-order valence-electron chi connectivity index (χ3n) is 4.12. The number of carbonyl (C=O) groups is 3. The van der Waals surface area contributed by atoms with E-state index < -0.39 is 17.5 Å². The summed E-state index contributed by atoms with van der Waals surface area (Å²) in [5, 5.41) is 7.00. The molecular weight excluding hydrogens is 382 g/mol. The highest BCUT2D eigenvalue weighted by atomic mass is 35.5. The van der Waals surface area contributed by atoms with E-state index in [1.807, 2.05) is 20.8 Å². The van der Waals surface area contributed by atoms with Crippen LogP contribution in [-0.4, -0.2) is 33.5 Å². The zero-order chi connectivity index (χ0) is 21.2. The maximum Gasteiger partial charge on any atom is 0.343 e. The molecule has 2 rings (SSSR count). The molecule has 150 valence electrons. The van der Waals surface area contributed by atoms with Crippen molar-refractivity contribution >= 4 is 34.9 Å². The molecule has 0 bridgehead atoms. The number of ketones is 1. The number of esters is 1. The number of hydrogen-bond donors (Lipinski definition) is 1. The molecule has 1 aromatic heterocycles. The molecule has 0 aliphatic heterocycles. The molecule has 0 aliphatic carbocycles. The van der Waals surface area contributed by atoms with E-state index in [0.29, 0.717) is 16.9 Å². The standard InChI is InChI=1S/C20H24ClN3O4/c1-11-15(17(21)24(6)23-11)18(26)28-12(2)16(25)13-7-9-14(10-8-13)22-19(27)20(3,4)5/h7-10,12H,1-6H3,(H,22,27). The lowest BCUT2D eigenvalue weighted by molar-refractivity contribution is -0.123. The first-order valence-corrected chi connectivity index (χ1v) is 9.15. The minimum atomic E-state index is -1.00. The molecule has 0 saturated heterocycles. The molecule has 1 amide bonds. The zero-order valence-corrected chi connectivity index (χ0v) is 17.5. The highest BCUT2D eigenvalue weighted by molar-refractivity contribution is 6.32. The van der Waals surface area contributed by atoms with Crippen LogP contribution >= 0.6 is 11.6 Å². The van der Waals surface area contributed by atoms with Crippen molar-refractivity contribution in [3.8, 4) is 0 Å². The van der Waals surface area contributed by atoms with Crippen molar-refractivity contribution in [3.63, 3.8) is 0 Å². The average Bonchev–Trinajstić information content (AvgIpc) is 2.86. The molecule has 0 fully saturated rings. The second kappa shape index (κ2) is 8.14. The van der Waals surface area contributed by atoms with Crippen LogP contribution in [0.25, 0.3) is 0 Å². The van der Waals surface area contributed by atoms with Gasteiger partial charge in [0.1, 0.15) is 10.7 Å². The van der Waals surface area contributed by atoms with Gasteiger partial charge in [-0.3, -0.25) is 14.3 Å². The summed E-state index contributed by atoms with van der Waals surface area (Å²) in [5.74, 6) is -1.19. The van der Waals surface area contributed by atoms with Gasteiger partial charge in [-0.25, -0.2) is 4.79 Å². The number of hydrogen-bond acceptors (Lipinski definition) is 5. The van der Waals surface area contributed by atoms with Gasteiger partial charge in [0, 0.05) is 23.7 Å². The molecule has 0 spiro atoms. The molecule has 1 atom stereocenters. The van der Waals surface area contributed by atoms with Gasteiger partial charge in [-0.1, -0.05) is 32.4 Å². The summed E-state index contributed by atoms with van der Waals surface area (Å²) in [6, 6.07) is 6.42. The monoisotopic (exact) mass is 405 g/mol. The lowest BCUT2D eigenvalue weighted by atomic mass is 9.95. The lowest BCUT2D eigenvalue weighted by Gasteiger charge is -2.18. The Bertz CT molecular complexity index is 911. The quantitative estimate of drug-likeness (QED) is 0.603. The van der Waals surface area contributed by atoms with Crippen LogP contribution in [0.4, 0.5) is 5.69 Å². The minimum absolute atomic E-state index is 0.127. The molecule has 0 aliphatic rings. The van der Waals surface area contributed by atoms with E-state index in [-0.39, 0.29) is 22.4 Å². The van der Waals surface area contributed by atoms with Crippen LogP contribution in [0, 0.1) is 12.3 Å². The Hall–Kier alpha value is -2.67. The van der Waals surface area contributed by atoms with Gasteiger partial charge in [0.15, 0.2) is 6.10 Å². The van der Waals surface area contributed by atoms with Gasteiger partial charge in [-0.2, -0.15) is 5.10 Å². The fraction of sp³-hybridized carbons (Fsp3) is 0.400. The van der Waals surface area contributed by atoms with Crippen molar-refractivity contribution in [3.05, 3.63) is 46.2 Å². The number of nitrogens with one attached hydrogen (secondary N) is 1. The van der Waals surface area contributed by atoms with E-state index in [1.165, 1.54) is 11.6 Å². The highest BCUT2D eigenvalue weighted by Gasteiger charge is 2.26. The fourth-order valence-corrected chi connectivity index (χ4v) is 2.66. The van der Waals surface area contributed by atoms with E-state index in [2.05, 4.69) is 10.4 Å². The van der Waals surface area contributed by atoms with Crippen molar-refractivity contribution in [1.82, 2.24) is 9.78 Å². The summed E-state index contributed by atoms with van der Waals surface area (Å²) in [7, 11) is 1.61. The molecular formula is C20H24ClN3O4. The molecule has 1 unspecified atom stereocenters. The summed E-state index contributed by atoms with van der Waals surface area (Å²) < 4.78 is 6.64. The molecule has 7 nitrogen and oxygen atoms in total. The first-order valence-electron chi connectivity index (χ1n) is 8.77. The van der Waals surface area contributed by atoms with Crippen LogP contribution in [0.5, 0.6) is 0 Å². The first-order chi connectivity index (χ1) is 12.9. The Kier molecular flexibility index (Phi) is 6.29. The molecule has 1 heterocycles. The van der Waals surface area contributed by atoms with Crippen molar-refractivity contribution in [2.45, 2.75) is 40.7 Å². The van der Waals surface area contributed by atoms with Crippen LogP contribution in [0.1, 0.15) is 54.1 Å². The SMILES string of the molecule is Cc1nn(C)c(Cl)c1C(=O)OC(C)C(=O)c1ccc(NC(=O)C(C)(C)C)cc1. The second-order valence-corrected chi connectivity index (χ2v) is 7.93. The number of rotatable bonds is 5. The molecule has 0 radical (unpaired) electrons. The van der Waals surface area contributed by atoms with E-state index in [1.54, 1.807) is 38.2 Å². The Morgan fingerprint density at radius 1 is 1.18 bits per heavy atom. The van der Waals surface area contributed by atoms with E-state index in [4.69, 9.17) is 16.3 Å². The Balaban J connectivity index is 2.07. The van der Waals surface area contributed by atoms with Crippen LogP contribution in [0.2, 0.25) is 5.15 Å². The van der Waals surface area contributed by atoms with Gasteiger partial charge >= 0.3 is 5.97 Å². The predicted octanol–water partition coefficient (Wildman–Crippen LogP) is 3.79. The normalized spacial score (nSPS) is 12.4. The number of carbonyl (C=O) groups excluding carboxylic acids is 3. The molecule has 8 heteroatoms. The third kappa shape index (κ3) is 4.78. The number of ether oxygens (including phenoxy) is 1. The Labute approximate surface area is 169 Å². The van der Waals surface area contributed by atoms with Gasteiger partial charge < -0.3 is 10.1 Å². The minimum Gasteiger partial charge on any atom is -0.451 e. The summed E-state index contributed by atoms with van der Waals surface area (Å²) >= 11 is 6.06. The number of aromatic nitrogens is 2. The molecule has 0 saturated carbocycles. The topological polar surface area (TPSA) is 90.3 Å². The molecule has 28 heavy (non-hydrogen) atoms. The zero-order valence-electron chi connectivity index (χ0n) is 16.8. The summed E-state index contributed by atoms with van der Waals surface area (Å²) in [5.41, 5.74) is 0.991. The maximum atomic E-state index is 12.6. The van der Waals surface area contributed by atoms with E-state index in [0.717, 1.165) is 0 Å². The third-order valence-corrected chi connectivity index (χ3v) is 4.55. The fourth-order valence-electron chi connectivity index (χ4n) is 2.41. The summed E-state index contributed by atoms with van der Waals surface area (Å²) in [4.78, 5) is 36.9. The van der Waals surface area contributed by atoms with Crippen molar-refractivity contribution in [1.29, 1.82) is 0 Å². The molecule has 1 aromatic carbocycles. The van der Waals surface area contributed by atoms with Gasteiger partial charge in [0.05, 0.1) is 5.69 Å². The smallest absolute Gasteiger partial charge is 0.343 e. The average molecular weight is 406 g/mol. The summed E-state index contributed by atoms with van der Waals surface area (Å²) in [6.45, 7) is 8.57. The van der Waals surface area contributed by atoms with Crippen LogP contribution < -0.4 is 5.32 Å². The Morgan fingerprint density at radius 2 is 1.75 bits per heavy atom. The van der Waals surface area contributed by atoms with Crippen molar-refractivity contribution < 1.29 is 19.1 Å². The lowest BCUT2D eigenvalue weighted by Crippen LogP contribution is -2.27. The van der Waals surface area contributed by atoms with Crippen molar-refractivity contribution in [2.75, 3.05) is 5.32 Å². The number of benzene rings is 1. The van der Waals surface area contributed by atoms with Crippen LogP contribution in [0.15, 0.2) is 24.3 Å². The number of amides is 1. The second-order valence-electron chi connectivity index (χ2n) is 7.57. The van der Waals surface area contributed by atoms with E-state index >= 15 is 0 Å². The maximum absolute atomic E-state index is 12.6. The number of aryl methyl sites for hydroxylation is 2. The van der Waals surface area contributed by atoms with Crippen LogP contribution in [-0.2, 0) is 16.6 Å². The number of nitrogens with zero attached hydrogens (tertiary/aromatic N) is 2. The van der Waals surface area contributed by atoms with Gasteiger partial charge in [-0.15, -0.1) is 0 Å². The van der Waals surface area contributed by atoms with Gasteiger partial charge in [-0.05, 0) is 38.1 Å². The number of anilines is 1. The van der Waals surface area contributed by atoms with Crippen LogP contribution in [0.3, 0.4) is 0 Å². The van der Waals surface area contributed by atoms with Gasteiger partial charge in [0.25, 0.3) is 0 Å². The first kappa shape index (κ1) is 21.6. The largest absolute Gasteiger partial charge is 0.451 e.